The lowest BCUT2D eigenvalue weighted by Gasteiger charge is -2.12. The average Bonchev–Trinajstić information content (AvgIpc) is 3.10. The molecule has 3 amide bonds. The van der Waals surface area contributed by atoms with E-state index < -0.39 is 17.0 Å². The van der Waals surface area contributed by atoms with Crippen LogP contribution in [-0.2, 0) is 16.1 Å². The summed E-state index contributed by atoms with van der Waals surface area (Å²) in [5.74, 6) is -0.755. The topological polar surface area (TPSA) is 75.7 Å². The van der Waals surface area contributed by atoms with E-state index in [0.29, 0.717) is 17.0 Å². The first-order valence-electron chi connectivity index (χ1n) is 11.0. The summed E-state index contributed by atoms with van der Waals surface area (Å²) < 4.78 is 20.3. The summed E-state index contributed by atoms with van der Waals surface area (Å²) in [5.41, 5.74) is 3.81. The Kier molecular flexibility index (Phi) is 7.91. The van der Waals surface area contributed by atoms with Gasteiger partial charge in [-0.15, -0.1) is 0 Å². The Morgan fingerprint density at radius 3 is 2.50 bits per heavy atom. The van der Waals surface area contributed by atoms with Crippen LogP contribution in [0.4, 0.5) is 14.9 Å². The van der Waals surface area contributed by atoms with Crippen molar-refractivity contribution in [1.29, 1.82) is 0 Å². The Labute approximate surface area is 220 Å². The number of carbonyl (C=O) groups is 3. The maximum absolute atomic E-state index is 13.9. The number of benzene rings is 3. The minimum atomic E-state index is -0.470. The zero-order valence-electron chi connectivity index (χ0n) is 19.5. The van der Waals surface area contributed by atoms with Crippen molar-refractivity contribution < 1.29 is 23.5 Å². The van der Waals surface area contributed by atoms with Crippen LogP contribution in [0.5, 0.6) is 5.75 Å². The number of ether oxygens (including phenoxy) is 1. The zero-order valence-corrected chi connectivity index (χ0v) is 21.9. The fourth-order valence-electron chi connectivity index (χ4n) is 3.46. The molecule has 1 N–H and O–H groups in total. The van der Waals surface area contributed by atoms with Gasteiger partial charge in [-0.2, -0.15) is 0 Å². The first-order valence-corrected chi connectivity index (χ1v) is 12.6. The first-order chi connectivity index (χ1) is 17.2. The number of halogens is 2. The van der Waals surface area contributed by atoms with Crippen LogP contribution < -0.4 is 10.1 Å². The fraction of sp³-hybridized carbons (Fsp3) is 0.148. The molecule has 0 bridgehead atoms. The van der Waals surface area contributed by atoms with Crippen LogP contribution in [0, 0.1) is 19.7 Å². The Balaban J connectivity index is 1.35. The van der Waals surface area contributed by atoms with E-state index in [9.17, 15) is 18.8 Å². The van der Waals surface area contributed by atoms with Crippen LogP contribution in [0.1, 0.15) is 22.3 Å². The van der Waals surface area contributed by atoms with Crippen molar-refractivity contribution in [3.05, 3.63) is 98.1 Å². The van der Waals surface area contributed by atoms with Gasteiger partial charge in [-0.1, -0.05) is 30.3 Å². The van der Waals surface area contributed by atoms with Gasteiger partial charge in [0.1, 0.15) is 11.6 Å². The van der Waals surface area contributed by atoms with E-state index in [1.54, 1.807) is 48.5 Å². The van der Waals surface area contributed by atoms with Crippen LogP contribution in [0.15, 0.2) is 70.0 Å². The summed E-state index contributed by atoms with van der Waals surface area (Å²) in [6.07, 6.45) is 1.60. The van der Waals surface area contributed by atoms with E-state index in [1.807, 2.05) is 26.0 Å². The second-order valence-electron chi connectivity index (χ2n) is 8.18. The quantitative estimate of drug-likeness (QED) is 0.331. The van der Waals surface area contributed by atoms with Gasteiger partial charge < -0.3 is 10.1 Å². The molecule has 6 nitrogen and oxygen atoms in total. The predicted octanol–water partition coefficient (Wildman–Crippen LogP) is 6.46. The Morgan fingerprint density at radius 2 is 1.78 bits per heavy atom. The molecule has 0 spiro atoms. The van der Waals surface area contributed by atoms with Crippen molar-refractivity contribution in [1.82, 2.24) is 4.90 Å². The zero-order chi connectivity index (χ0) is 25.8. The number of nitrogens with zero attached hydrogens (tertiary/aromatic N) is 1. The number of rotatable bonds is 7. The van der Waals surface area contributed by atoms with E-state index in [4.69, 9.17) is 4.74 Å². The fourth-order valence-corrected chi connectivity index (χ4v) is 4.85. The molecular weight excluding hydrogens is 547 g/mol. The molecule has 0 atom stereocenters. The molecule has 1 aliphatic rings. The lowest BCUT2D eigenvalue weighted by molar-refractivity contribution is -0.123. The SMILES string of the molecule is Cc1cc(Br)c(NC(=O)COc2ccc(/C=C3/SC(=O)N(Cc4ccccc4F)C3=O)cc2)cc1C. The number of imide groups is 1. The maximum atomic E-state index is 13.9. The van der Waals surface area contributed by atoms with Crippen LogP contribution in [0.3, 0.4) is 0 Å². The van der Waals surface area contributed by atoms with Crippen molar-refractivity contribution in [2.75, 3.05) is 11.9 Å². The van der Waals surface area contributed by atoms with Crippen molar-refractivity contribution in [3.8, 4) is 5.75 Å². The highest BCUT2D eigenvalue weighted by atomic mass is 79.9. The van der Waals surface area contributed by atoms with Crippen molar-refractivity contribution in [3.63, 3.8) is 0 Å². The number of thioether (sulfide) groups is 1. The molecule has 3 aromatic carbocycles. The molecule has 0 aliphatic carbocycles. The molecule has 9 heteroatoms. The molecule has 1 aliphatic heterocycles. The molecule has 0 radical (unpaired) electrons. The Bertz CT molecular complexity index is 1370. The first kappa shape index (κ1) is 25.7. The smallest absolute Gasteiger partial charge is 0.293 e. The van der Waals surface area contributed by atoms with Gasteiger partial charge in [0, 0.05) is 10.0 Å². The molecule has 0 saturated carbocycles. The molecular formula is C27H22BrFN2O4S. The molecule has 3 aromatic rings. The highest BCUT2D eigenvalue weighted by Gasteiger charge is 2.35. The third-order valence-corrected chi connectivity index (χ3v) is 7.13. The van der Waals surface area contributed by atoms with Crippen LogP contribution in [0.2, 0.25) is 0 Å². The highest BCUT2D eigenvalue weighted by Crippen LogP contribution is 2.34. The molecule has 36 heavy (non-hydrogen) atoms. The molecule has 0 aromatic heterocycles. The molecule has 1 fully saturated rings. The summed E-state index contributed by atoms with van der Waals surface area (Å²) in [6.45, 7) is 3.67. The number of amides is 3. The van der Waals surface area contributed by atoms with E-state index in [-0.39, 0.29) is 29.5 Å². The lowest BCUT2D eigenvalue weighted by Crippen LogP contribution is -2.27. The summed E-state index contributed by atoms with van der Waals surface area (Å²) in [7, 11) is 0. The van der Waals surface area contributed by atoms with Gasteiger partial charge in [-0.25, -0.2) is 4.39 Å². The number of anilines is 1. The van der Waals surface area contributed by atoms with E-state index in [0.717, 1.165) is 32.3 Å². The number of carbonyl (C=O) groups excluding carboxylic acids is 3. The summed E-state index contributed by atoms with van der Waals surface area (Å²) in [5, 5.41) is 2.37. The third-order valence-electron chi connectivity index (χ3n) is 5.57. The van der Waals surface area contributed by atoms with Crippen LogP contribution in [-0.4, -0.2) is 28.6 Å². The summed E-state index contributed by atoms with van der Waals surface area (Å²) in [4.78, 5) is 38.6. The van der Waals surface area contributed by atoms with Crippen molar-refractivity contribution in [2.24, 2.45) is 0 Å². The number of hydrogen-bond acceptors (Lipinski definition) is 5. The molecule has 4 rings (SSSR count). The van der Waals surface area contributed by atoms with Gasteiger partial charge in [0.05, 0.1) is 17.1 Å². The largest absolute Gasteiger partial charge is 0.484 e. The van der Waals surface area contributed by atoms with Gasteiger partial charge in [-0.3, -0.25) is 19.3 Å². The Morgan fingerprint density at radius 1 is 1.08 bits per heavy atom. The normalized spacial score (nSPS) is 14.4. The van der Waals surface area contributed by atoms with E-state index >= 15 is 0 Å². The van der Waals surface area contributed by atoms with Crippen molar-refractivity contribution >= 4 is 56.5 Å². The van der Waals surface area contributed by atoms with Crippen LogP contribution >= 0.6 is 27.7 Å². The standard InChI is InChI=1S/C27H22BrFN2O4S/c1-16-11-21(28)23(12-17(16)2)30-25(32)15-35-20-9-7-18(8-10-20)13-24-26(33)31(27(34)36-24)14-19-5-3-4-6-22(19)29/h3-13H,14-15H2,1-2H3,(H,30,32)/b24-13+. The molecule has 1 saturated heterocycles. The minimum absolute atomic E-state index is 0.123. The second kappa shape index (κ2) is 11.1. The van der Waals surface area contributed by atoms with Gasteiger partial charge in [0.15, 0.2) is 6.61 Å². The maximum Gasteiger partial charge on any atom is 0.293 e. The minimum Gasteiger partial charge on any atom is -0.484 e. The van der Waals surface area contributed by atoms with Gasteiger partial charge in [-0.05, 0) is 94.6 Å². The number of aryl methyl sites for hydroxylation is 2. The van der Waals surface area contributed by atoms with Gasteiger partial charge in [0.25, 0.3) is 17.1 Å². The second-order valence-corrected chi connectivity index (χ2v) is 10.0. The van der Waals surface area contributed by atoms with Crippen molar-refractivity contribution in [2.45, 2.75) is 20.4 Å². The van der Waals surface area contributed by atoms with Gasteiger partial charge in [0.2, 0.25) is 0 Å². The number of hydrogen-bond donors (Lipinski definition) is 1. The monoisotopic (exact) mass is 568 g/mol. The van der Waals surface area contributed by atoms with E-state index in [2.05, 4.69) is 21.2 Å². The predicted molar refractivity (Wildman–Crippen MR) is 142 cm³/mol. The third kappa shape index (κ3) is 6.03. The summed E-state index contributed by atoms with van der Waals surface area (Å²) >= 11 is 4.27. The average molecular weight is 569 g/mol. The van der Waals surface area contributed by atoms with Gasteiger partial charge >= 0.3 is 0 Å². The molecule has 1 heterocycles. The number of nitrogens with one attached hydrogen (secondary N) is 1. The Hall–Kier alpha value is -3.43. The van der Waals surface area contributed by atoms with E-state index in [1.165, 1.54) is 6.07 Å². The highest BCUT2D eigenvalue weighted by molar-refractivity contribution is 9.10. The lowest BCUT2D eigenvalue weighted by atomic mass is 10.1. The molecule has 184 valence electrons. The summed E-state index contributed by atoms with van der Waals surface area (Å²) in [6, 6.07) is 16.7. The van der Waals surface area contributed by atoms with Crippen LogP contribution in [0.25, 0.3) is 6.08 Å². The molecule has 0 unspecified atom stereocenters.